The first kappa shape index (κ1) is 16.4. The largest absolute Gasteiger partial charge is 0.303 e. The second-order valence-electron chi connectivity index (χ2n) is 5.05. The number of hydrogen-bond acceptors (Lipinski definition) is 2. The molecule has 0 unspecified atom stereocenters. The van der Waals surface area contributed by atoms with Crippen LogP contribution in [0, 0.1) is 0 Å². The third-order valence-electron chi connectivity index (χ3n) is 3.39. The van der Waals surface area contributed by atoms with Gasteiger partial charge in [0.1, 0.15) is 6.29 Å². The molecule has 0 atom stereocenters. The minimum Gasteiger partial charge on any atom is -0.303 e. The van der Waals surface area contributed by atoms with Crippen molar-refractivity contribution in [2.45, 2.75) is 46.0 Å². The van der Waals surface area contributed by atoms with Crippen molar-refractivity contribution in [3.8, 4) is 0 Å². The number of aliphatic imine (C=N–C) groups is 1. The van der Waals surface area contributed by atoms with E-state index in [-0.39, 0.29) is 0 Å². The highest BCUT2D eigenvalue weighted by molar-refractivity contribution is 6.01. The van der Waals surface area contributed by atoms with Crippen molar-refractivity contribution in [3.63, 3.8) is 0 Å². The van der Waals surface area contributed by atoms with E-state index in [2.05, 4.69) is 49.2 Å². The molecule has 2 heteroatoms. The molecule has 0 aliphatic carbocycles. The summed E-state index contributed by atoms with van der Waals surface area (Å²) in [5.41, 5.74) is 4.81. The Hall–Kier alpha value is -1.70. The van der Waals surface area contributed by atoms with Crippen LogP contribution in [0.3, 0.4) is 0 Å². The van der Waals surface area contributed by atoms with Gasteiger partial charge in [-0.25, -0.2) is 0 Å². The van der Waals surface area contributed by atoms with Gasteiger partial charge in [-0.1, -0.05) is 37.6 Å². The average Bonchev–Trinajstić information content (AvgIpc) is 2.49. The summed E-state index contributed by atoms with van der Waals surface area (Å²) in [6, 6.07) is 8.70. The molecule has 1 aromatic rings. The van der Waals surface area contributed by atoms with Gasteiger partial charge >= 0.3 is 0 Å². The molecule has 20 heavy (non-hydrogen) atoms. The van der Waals surface area contributed by atoms with Gasteiger partial charge in [-0.3, -0.25) is 4.99 Å². The zero-order chi connectivity index (χ0) is 14.8. The molecule has 0 saturated carbocycles. The summed E-state index contributed by atoms with van der Waals surface area (Å²) in [4.78, 5) is 14.7. The summed E-state index contributed by atoms with van der Waals surface area (Å²) in [5.74, 6) is 0. The van der Waals surface area contributed by atoms with Crippen molar-refractivity contribution in [1.29, 1.82) is 0 Å². The van der Waals surface area contributed by atoms with E-state index in [1.807, 2.05) is 0 Å². The third kappa shape index (κ3) is 5.52. The molecule has 0 amide bonds. The Labute approximate surface area is 122 Å². The standard InChI is InChI=1S/C18H25NO/c1-4-5-8-16-9-6-10-17(14-16)15(2)13-18(19-3)11-7-12-20/h6,9-10,12-14H,4-5,7-8,11H2,1-3H3/b15-13+,19-18-. The number of nitrogens with zero attached hydrogens (tertiary/aromatic N) is 1. The highest BCUT2D eigenvalue weighted by atomic mass is 16.1. The second-order valence-corrected chi connectivity index (χ2v) is 5.05. The predicted molar refractivity (Wildman–Crippen MR) is 87.4 cm³/mol. The third-order valence-corrected chi connectivity index (χ3v) is 3.39. The number of aryl methyl sites for hydroxylation is 1. The average molecular weight is 271 g/mol. The van der Waals surface area contributed by atoms with Crippen molar-refractivity contribution in [3.05, 3.63) is 41.5 Å². The monoisotopic (exact) mass is 271 g/mol. The molecular weight excluding hydrogens is 246 g/mol. The Balaban J connectivity index is 2.84. The Bertz CT molecular complexity index is 486. The molecule has 1 aromatic carbocycles. The highest BCUT2D eigenvalue weighted by Gasteiger charge is 2.01. The molecule has 1 rings (SSSR count). The number of aldehydes is 1. The number of unbranched alkanes of at least 4 members (excludes halogenated alkanes) is 1. The first-order valence-electron chi connectivity index (χ1n) is 7.38. The van der Waals surface area contributed by atoms with Crippen molar-refractivity contribution < 1.29 is 4.79 Å². The molecular formula is C18H25NO. The molecule has 108 valence electrons. The first-order chi connectivity index (χ1) is 9.71. The zero-order valence-corrected chi connectivity index (χ0v) is 12.9. The van der Waals surface area contributed by atoms with E-state index in [1.165, 1.54) is 29.5 Å². The van der Waals surface area contributed by atoms with Gasteiger partial charge in [-0.05, 0) is 49.0 Å². The van der Waals surface area contributed by atoms with E-state index >= 15 is 0 Å². The topological polar surface area (TPSA) is 29.4 Å². The van der Waals surface area contributed by atoms with E-state index in [4.69, 9.17) is 0 Å². The number of rotatable bonds is 8. The van der Waals surface area contributed by atoms with Crippen molar-refractivity contribution in [1.82, 2.24) is 0 Å². The normalized spacial score (nSPS) is 12.6. The van der Waals surface area contributed by atoms with Gasteiger partial charge < -0.3 is 4.79 Å². The molecule has 0 aliphatic rings. The molecule has 0 fully saturated rings. The van der Waals surface area contributed by atoms with E-state index in [0.29, 0.717) is 12.8 Å². The van der Waals surface area contributed by atoms with Crippen molar-refractivity contribution in [2.24, 2.45) is 4.99 Å². The van der Waals surface area contributed by atoms with Crippen LogP contribution in [0.2, 0.25) is 0 Å². The van der Waals surface area contributed by atoms with Gasteiger partial charge in [0.25, 0.3) is 0 Å². The summed E-state index contributed by atoms with van der Waals surface area (Å²) in [7, 11) is 1.78. The fourth-order valence-corrected chi connectivity index (χ4v) is 2.14. The molecule has 0 saturated heterocycles. The fraction of sp³-hybridized carbons (Fsp3) is 0.444. The minimum absolute atomic E-state index is 0.535. The van der Waals surface area contributed by atoms with Crippen LogP contribution < -0.4 is 0 Å². The summed E-state index contributed by atoms with van der Waals surface area (Å²) < 4.78 is 0. The molecule has 0 radical (unpaired) electrons. The zero-order valence-electron chi connectivity index (χ0n) is 12.9. The quantitative estimate of drug-likeness (QED) is 0.506. The number of allylic oxidation sites excluding steroid dienone is 2. The van der Waals surface area contributed by atoms with Gasteiger partial charge in [0.15, 0.2) is 0 Å². The smallest absolute Gasteiger partial charge is 0.120 e. The lowest BCUT2D eigenvalue weighted by Gasteiger charge is -2.06. The van der Waals surface area contributed by atoms with Gasteiger partial charge in [-0.15, -0.1) is 0 Å². The lowest BCUT2D eigenvalue weighted by molar-refractivity contribution is -0.107. The van der Waals surface area contributed by atoms with Crippen LogP contribution >= 0.6 is 0 Å². The lowest BCUT2D eigenvalue weighted by Crippen LogP contribution is -1.96. The van der Waals surface area contributed by atoms with Crippen LogP contribution in [0.4, 0.5) is 0 Å². The highest BCUT2D eigenvalue weighted by Crippen LogP contribution is 2.17. The summed E-state index contributed by atoms with van der Waals surface area (Å²) in [6.45, 7) is 4.32. The van der Waals surface area contributed by atoms with Crippen LogP contribution in [0.1, 0.15) is 50.7 Å². The number of carbonyl (C=O) groups excluding carboxylic acids is 1. The number of benzene rings is 1. The molecule has 0 aromatic heterocycles. The maximum Gasteiger partial charge on any atom is 0.120 e. The van der Waals surface area contributed by atoms with Gasteiger partial charge in [0, 0.05) is 19.2 Å². The van der Waals surface area contributed by atoms with E-state index < -0.39 is 0 Å². The first-order valence-corrected chi connectivity index (χ1v) is 7.38. The molecule has 0 bridgehead atoms. The number of carbonyl (C=O) groups is 1. The lowest BCUT2D eigenvalue weighted by atomic mass is 10.00. The molecule has 0 heterocycles. The van der Waals surface area contributed by atoms with Gasteiger partial charge in [0.05, 0.1) is 0 Å². The van der Waals surface area contributed by atoms with Crippen LogP contribution in [0.5, 0.6) is 0 Å². The SMILES string of the molecule is CCCCc1cccc(/C(C)=C/C(CCC=O)=N\C)c1. The maximum atomic E-state index is 10.5. The van der Waals surface area contributed by atoms with Crippen molar-refractivity contribution in [2.75, 3.05) is 7.05 Å². The molecule has 0 aliphatic heterocycles. The van der Waals surface area contributed by atoms with E-state index in [9.17, 15) is 4.79 Å². The Kier molecular flexibility index (Phi) is 7.56. The van der Waals surface area contributed by atoms with E-state index in [1.54, 1.807) is 7.05 Å². The van der Waals surface area contributed by atoms with E-state index in [0.717, 1.165) is 18.4 Å². The van der Waals surface area contributed by atoms with Crippen LogP contribution in [-0.4, -0.2) is 19.0 Å². The minimum atomic E-state index is 0.535. The Morgan fingerprint density at radius 2 is 2.15 bits per heavy atom. The van der Waals surface area contributed by atoms with Gasteiger partial charge in [0.2, 0.25) is 0 Å². The summed E-state index contributed by atoms with van der Waals surface area (Å²) in [6.07, 6.45) is 7.87. The van der Waals surface area contributed by atoms with Crippen LogP contribution in [0.15, 0.2) is 35.3 Å². The van der Waals surface area contributed by atoms with Crippen molar-refractivity contribution >= 4 is 17.6 Å². The van der Waals surface area contributed by atoms with Gasteiger partial charge in [-0.2, -0.15) is 0 Å². The van der Waals surface area contributed by atoms with Crippen LogP contribution in [0.25, 0.3) is 5.57 Å². The molecule has 0 spiro atoms. The summed E-state index contributed by atoms with van der Waals surface area (Å²) >= 11 is 0. The second kappa shape index (κ2) is 9.24. The fourth-order valence-electron chi connectivity index (χ4n) is 2.14. The molecule has 2 nitrogen and oxygen atoms in total. The van der Waals surface area contributed by atoms with Crippen LogP contribution in [-0.2, 0) is 11.2 Å². The predicted octanol–water partition coefficient (Wildman–Crippen LogP) is 4.48. The Morgan fingerprint density at radius 1 is 1.35 bits per heavy atom. The maximum absolute atomic E-state index is 10.5. The summed E-state index contributed by atoms with van der Waals surface area (Å²) in [5, 5.41) is 0. The Morgan fingerprint density at radius 3 is 2.80 bits per heavy atom. The number of hydrogen-bond donors (Lipinski definition) is 0. The molecule has 0 N–H and O–H groups in total.